The lowest BCUT2D eigenvalue weighted by molar-refractivity contribution is -0.134. The summed E-state index contributed by atoms with van der Waals surface area (Å²) in [6.45, 7) is 3.61. The van der Waals surface area contributed by atoms with Crippen molar-refractivity contribution >= 4 is 32.6 Å². The zero-order valence-electron chi connectivity index (χ0n) is 17.7. The summed E-state index contributed by atoms with van der Waals surface area (Å²) in [5.74, 6) is -0.921. The molecule has 1 atom stereocenters. The first-order valence-electron chi connectivity index (χ1n) is 10.3. The molecule has 3 rings (SSSR count). The summed E-state index contributed by atoms with van der Waals surface area (Å²) in [6.07, 6.45) is 2.70. The first kappa shape index (κ1) is 22.2. The van der Waals surface area contributed by atoms with E-state index in [0.29, 0.717) is 23.8 Å². The second kappa shape index (κ2) is 9.12. The minimum Gasteiger partial charge on any atom is -0.452 e. The summed E-state index contributed by atoms with van der Waals surface area (Å²) >= 11 is 0. The molecule has 2 aromatic rings. The standard InChI is InChI=1S/C22H28N2O5S/c1-4-8-18-16(5-2)21(17-9-6-7-10-19(17)23-18)22(26)29-13-20(25)24(3)15-11-12-30(27,28)14-15/h6-7,9-10,15H,4-5,8,11-14H2,1-3H3. The van der Waals surface area contributed by atoms with Gasteiger partial charge in [-0.25, -0.2) is 13.2 Å². The Bertz CT molecular complexity index is 1060. The number of aryl methyl sites for hydroxylation is 1. The van der Waals surface area contributed by atoms with Crippen LogP contribution in [0.4, 0.5) is 0 Å². The Morgan fingerprint density at radius 1 is 1.23 bits per heavy atom. The number of sulfone groups is 1. The van der Waals surface area contributed by atoms with E-state index in [1.54, 1.807) is 7.05 Å². The molecule has 1 aromatic carbocycles. The number of amides is 1. The molecule has 1 aliphatic rings. The number of likely N-dealkylation sites (N-methyl/N-ethyl adjacent to an activating group) is 1. The molecular formula is C22H28N2O5S. The molecule has 0 saturated carbocycles. The zero-order chi connectivity index (χ0) is 21.9. The number of para-hydroxylation sites is 1. The minimum atomic E-state index is -3.10. The highest BCUT2D eigenvalue weighted by atomic mass is 32.2. The Hall–Kier alpha value is -2.48. The fourth-order valence-corrected chi connectivity index (χ4v) is 5.72. The van der Waals surface area contributed by atoms with E-state index in [9.17, 15) is 18.0 Å². The molecule has 1 aliphatic heterocycles. The molecule has 1 saturated heterocycles. The van der Waals surface area contributed by atoms with Crippen LogP contribution in [0.15, 0.2) is 24.3 Å². The molecule has 1 fully saturated rings. The third-order valence-corrected chi connectivity index (χ3v) is 7.35. The topological polar surface area (TPSA) is 93.6 Å². The second-order valence-electron chi connectivity index (χ2n) is 7.67. The Labute approximate surface area is 177 Å². The van der Waals surface area contributed by atoms with Gasteiger partial charge >= 0.3 is 5.97 Å². The number of aromatic nitrogens is 1. The van der Waals surface area contributed by atoms with E-state index in [-0.39, 0.29) is 17.5 Å². The molecule has 30 heavy (non-hydrogen) atoms. The summed E-state index contributed by atoms with van der Waals surface area (Å²) in [4.78, 5) is 31.6. The van der Waals surface area contributed by atoms with Gasteiger partial charge in [0.25, 0.3) is 5.91 Å². The third kappa shape index (κ3) is 4.64. The smallest absolute Gasteiger partial charge is 0.339 e. The van der Waals surface area contributed by atoms with Crippen molar-refractivity contribution in [3.63, 3.8) is 0 Å². The van der Waals surface area contributed by atoms with E-state index in [0.717, 1.165) is 29.6 Å². The molecule has 7 nitrogen and oxygen atoms in total. The Morgan fingerprint density at radius 2 is 1.97 bits per heavy atom. The maximum absolute atomic E-state index is 13.0. The lowest BCUT2D eigenvalue weighted by atomic mass is 9.96. The number of nitrogens with zero attached hydrogens (tertiary/aromatic N) is 2. The number of hydrogen-bond acceptors (Lipinski definition) is 6. The maximum Gasteiger partial charge on any atom is 0.339 e. The van der Waals surface area contributed by atoms with Crippen molar-refractivity contribution in [2.75, 3.05) is 25.2 Å². The van der Waals surface area contributed by atoms with Crippen molar-refractivity contribution in [2.24, 2.45) is 0 Å². The lowest BCUT2D eigenvalue weighted by Crippen LogP contribution is -2.40. The molecule has 0 aliphatic carbocycles. The fraction of sp³-hybridized carbons (Fsp3) is 0.500. The Balaban J connectivity index is 1.82. The molecule has 2 heterocycles. The number of ether oxygens (including phenoxy) is 1. The van der Waals surface area contributed by atoms with Crippen molar-refractivity contribution in [2.45, 2.75) is 45.6 Å². The van der Waals surface area contributed by atoms with Crippen LogP contribution in [0.2, 0.25) is 0 Å². The highest BCUT2D eigenvalue weighted by Gasteiger charge is 2.33. The number of hydrogen-bond donors (Lipinski definition) is 0. The van der Waals surface area contributed by atoms with Crippen LogP contribution in [0.1, 0.15) is 48.3 Å². The van der Waals surface area contributed by atoms with Crippen LogP contribution >= 0.6 is 0 Å². The van der Waals surface area contributed by atoms with E-state index < -0.39 is 28.3 Å². The molecule has 0 radical (unpaired) electrons. The lowest BCUT2D eigenvalue weighted by Gasteiger charge is -2.23. The SMILES string of the molecule is CCCc1nc2ccccc2c(C(=O)OCC(=O)N(C)C2CCS(=O)(=O)C2)c1CC. The Morgan fingerprint density at radius 3 is 2.60 bits per heavy atom. The third-order valence-electron chi connectivity index (χ3n) is 5.60. The van der Waals surface area contributed by atoms with Crippen molar-refractivity contribution < 1.29 is 22.7 Å². The van der Waals surface area contributed by atoms with Gasteiger partial charge in [-0.15, -0.1) is 0 Å². The second-order valence-corrected chi connectivity index (χ2v) is 9.90. The molecule has 0 spiro atoms. The monoisotopic (exact) mass is 432 g/mol. The molecule has 8 heteroatoms. The number of esters is 1. The van der Waals surface area contributed by atoms with E-state index in [1.165, 1.54) is 4.90 Å². The van der Waals surface area contributed by atoms with Gasteiger partial charge in [-0.1, -0.05) is 38.5 Å². The molecule has 1 aromatic heterocycles. The number of benzene rings is 1. The largest absolute Gasteiger partial charge is 0.452 e. The number of fused-ring (bicyclic) bond motifs is 1. The van der Waals surface area contributed by atoms with Crippen LogP contribution < -0.4 is 0 Å². The summed E-state index contributed by atoms with van der Waals surface area (Å²) in [5.41, 5.74) is 2.92. The predicted octanol–water partition coefficient (Wildman–Crippen LogP) is 2.55. The molecule has 1 unspecified atom stereocenters. The number of carbonyl (C=O) groups is 2. The van der Waals surface area contributed by atoms with E-state index in [4.69, 9.17) is 9.72 Å². The van der Waals surface area contributed by atoms with Gasteiger partial charge in [0.1, 0.15) is 0 Å². The van der Waals surface area contributed by atoms with Crippen LogP contribution in [0.25, 0.3) is 10.9 Å². The first-order valence-corrected chi connectivity index (χ1v) is 12.1. The van der Waals surface area contributed by atoms with Crippen molar-refractivity contribution in [1.29, 1.82) is 0 Å². The summed E-state index contributed by atoms with van der Waals surface area (Å²) < 4.78 is 28.7. The van der Waals surface area contributed by atoms with Crippen molar-refractivity contribution in [3.8, 4) is 0 Å². The molecule has 0 N–H and O–H groups in total. The molecular weight excluding hydrogens is 404 g/mol. The van der Waals surface area contributed by atoms with Gasteiger partial charge in [-0.2, -0.15) is 0 Å². The van der Waals surface area contributed by atoms with Gasteiger partial charge in [0.05, 0.1) is 22.6 Å². The summed E-state index contributed by atoms with van der Waals surface area (Å²) in [6, 6.07) is 7.05. The van der Waals surface area contributed by atoms with Gasteiger partial charge in [0.15, 0.2) is 16.4 Å². The van der Waals surface area contributed by atoms with Crippen molar-refractivity contribution in [3.05, 3.63) is 41.1 Å². The minimum absolute atomic E-state index is 0.0431. The van der Waals surface area contributed by atoms with Crippen LogP contribution in [-0.2, 0) is 32.2 Å². The van der Waals surface area contributed by atoms with E-state index >= 15 is 0 Å². The molecule has 162 valence electrons. The number of pyridine rings is 1. The quantitative estimate of drug-likeness (QED) is 0.624. The first-order chi connectivity index (χ1) is 14.3. The zero-order valence-corrected chi connectivity index (χ0v) is 18.5. The van der Waals surface area contributed by atoms with Gasteiger partial charge < -0.3 is 9.64 Å². The van der Waals surface area contributed by atoms with Gasteiger partial charge in [0, 0.05) is 24.2 Å². The highest BCUT2D eigenvalue weighted by Crippen LogP contribution is 2.26. The fourth-order valence-electron chi connectivity index (χ4n) is 3.95. The summed E-state index contributed by atoms with van der Waals surface area (Å²) in [5, 5.41) is 0.710. The van der Waals surface area contributed by atoms with Crippen LogP contribution in [0.3, 0.4) is 0 Å². The van der Waals surface area contributed by atoms with Crippen LogP contribution in [0.5, 0.6) is 0 Å². The van der Waals surface area contributed by atoms with Crippen LogP contribution in [0, 0.1) is 0 Å². The van der Waals surface area contributed by atoms with E-state index in [2.05, 4.69) is 6.92 Å². The normalized spacial score (nSPS) is 17.8. The average molecular weight is 433 g/mol. The van der Waals surface area contributed by atoms with Gasteiger partial charge in [-0.05, 0) is 30.9 Å². The van der Waals surface area contributed by atoms with Crippen LogP contribution in [-0.4, -0.2) is 61.4 Å². The number of rotatable bonds is 7. The summed E-state index contributed by atoms with van der Waals surface area (Å²) in [7, 11) is -1.54. The Kier molecular flexibility index (Phi) is 6.75. The van der Waals surface area contributed by atoms with Gasteiger partial charge in [-0.3, -0.25) is 9.78 Å². The van der Waals surface area contributed by atoms with E-state index in [1.807, 2.05) is 31.2 Å². The van der Waals surface area contributed by atoms with Gasteiger partial charge in [0.2, 0.25) is 0 Å². The predicted molar refractivity (Wildman–Crippen MR) is 115 cm³/mol. The highest BCUT2D eigenvalue weighted by molar-refractivity contribution is 7.91. The molecule has 0 bridgehead atoms. The van der Waals surface area contributed by atoms with Crippen molar-refractivity contribution in [1.82, 2.24) is 9.88 Å². The maximum atomic E-state index is 13.0. The molecule has 1 amide bonds. The number of carbonyl (C=O) groups excluding carboxylic acids is 2. The average Bonchev–Trinajstić information content (AvgIpc) is 3.10.